The SMILES string of the molecule is C#CCC(N)c1nc(-c2cccc(C)c2)no1. The average Bonchev–Trinajstić information content (AvgIpc) is 2.78. The molecule has 1 aromatic carbocycles. The van der Waals surface area contributed by atoms with Crippen LogP contribution in [0.4, 0.5) is 0 Å². The summed E-state index contributed by atoms with van der Waals surface area (Å²) in [6.45, 7) is 2.01. The van der Waals surface area contributed by atoms with E-state index in [-0.39, 0.29) is 0 Å². The van der Waals surface area contributed by atoms with Gasteiger partial charge in [-0.2, -0.15) is 4.98 Å². The number of rotatable bonds is 3. The van der Waals surface area contributed by atoms with Crippen LogP contribution in [0.5, 0.6) is 0 Å². The van der Waals surface area contributed by atoms with E-state index in [9.17, 15) is 0 Å². The van der Waals surface area contributed by atoms with Crippen molar-refractivity contribution in [2.24, 2.45) is 5.73 Å². The molecule has 1 atom stereocenters. The molecule has 0 saturated heterocycles. The molecule has 2 aromatic rings. The van der Waals surface area contributed by atoms with Crippen LogP contribution in [0.3, 0.4) is 0 Å². The molecule has 2 N–H and O–H groups in total. The van der Waals surface area contributed by atoms with E-state index in [1.807, 2.05) is 31.2 Å². The highest BCUT2D eigenvalue weighted by molar-refractivity contribution is 5.55. The largest absolute Gasteiger partial charge is 0.337 e. The summed E-state index contributed by atoms with van der Waals surface area (Å²) in [7, 11) is 0. The molecule has 0 fully saturated rings. The minimum atomic E-state index is -0.397. The van der Waals surface area contributed by atoms with Gasteiger partial charge >= 0.3 is 0 Å². The highest BCUT2D eigenvalue weighted by Gasteiger charge is 2.14. The predicted molar refractivity (Wildman–Crippen MR) is 64.8 cm³/mol. The minimum Gasteiger partial charge on any atom is -0.337 e. The molecule has 86 valence electrons. The predicted octanol–water partition coefficient (Wildman–Crippen LogP) is 2.07. The van der Waals surface area contributed by atoms with Gasteiger partial charge in [0.05, 0.1) is 6.04 Å². The summed E-state index contributed by atoms with van der Waals surface area (Å²) in [4.78, 5) is 4.24. The Kier molecular flexibility index (Phi) is 3.22. The third kappa shape index (κ3) is 2.52. The number of aromatic nitrogens is 2. The van der Waals surface area contributed by atoms with Gasteiger partial charge in [0.1, 0.15) is 0 Å². The van der Waals surface area contributed by atoms with Gasteiger partial charge in [0.15, 0.2) is 0 Å². The molecular formula is C13H13N3O. The molecule has 0 bridgehead atoms. The first-order valence-electron chi connectivity index (χ1n) is 5.30. The standard InChI is InChI=1S/C13H13N3O/c1-3-5-11(14)13-15-12(16-17-13)10-7-4-6-9(2)8-10/h1,4,6-8,11H,5,14H2,2H3. The van der Waals surface area contributed by atoms with Crippen LogP contribution in [0.1, 0.15) is 23.9 Å². The van der Waals surface area contributed by atoms with Gasteiger partial charge in [-0.3, -0.25) is 0 Å². The minimum absolute atomic E-state index is 0.374. The van der Waals surface area contributed by atoms with Gasteiger partial charge in [-0.1, -0.05) is 28.9 Å². The van der Waals surface area contributed by atoms with E-state index < -0.39 is 6.04 Å². The molecule has 17 heavy (non-hydrogen) atoms. The Labute approximate surface area is 99.8 Å². The number of aryl methyl sites for hydroxylation is 1. The van der Waals surface area contributed by atoms with Gasteiger partial charge in [0, 0.05) is 12.0 Å². The fraction of sp³-hybridized carbons (Fsp3) is 0.231. The van der Waals surface area contributed by atoms with Gasteiger partial charge in [-0.25, -0.2) is 0 Å². The van der Waals surface area contributed by atoms with Crippen molar-refractivity contribution in [1.29, 1.82) is 0 Å². The number of hydrogen-bond acceptors (Lipinski definition) is 4. The molecule has 0 saturated carbocycles. The second-order valence-electron chi connectivity index (χ2n) is 3.84. The van der Waals surface area contributed by atoms with Gasteiger partial charge < -0.3 is 10.3 Å². The molecule has 0 aliphatic rings. The highest BCUT2D eigenvalue weighted by atomic mass is 16.5. The molecule has 4 heteroatoms. The average molecular weight is 227 g/mol. The van der Waals surface area contributed by atoms with Crippen molar-refractivity contribution in [1.82, 2.24) is 10.1 Å². The Balaban J connectivity index is 2.27. The van der Waals surface area contributed by atoms with Crippen LogP contribution in [-0.4, -0.2) is 10.1 Å². The zero-order valence-electron chi connectivity index (χ0n) is 9.55. The number of nitrogens with zero attached hydrogens (tertiary/aromatic N) is 2. The van der Waals surface area contributed by atoms with Gasteiger partial charge in [-0.15, -0.1) is 12.3 Å². The molecule has 2 rings (SSSR count). The Morgan fingerprint density at radius 3 is 3.06 bits per heavy atom. The zero-order chi connectivity index (χ0) is 12.3. The summed E-state index contributed by atoms with van der Waals surface area (Å²) in [5.74, 6) is 3.38. The van der Waals surface area contributed by atoms with E-state index in [0.717, 1.165) is 11.1 Å². The Morgan fingerprint density at radius 2 is 2.35 bits per heavy atom. The summed E-state index contributed by atoms with van der Waals surface area (Å²) in [5, 5.41) is 3.90. The van der Waals surface area contributed by atoms with Crippen LogP contribution >= 0.6 is 0 Å². The van der Waals surface area contributed by atoms with E-state index in [1.165, 1.54) is 0 Å². The number of benzene rings is 1. The van der Waals surface area contributed by atoms with Crippen molar-refractivity contribution in [2.75, 3.05) is 0 Å². The van der Waals surface area contributed by atoms with Crippen molar-refractivity contribution >= 4 is 0 Å². The second-order valence-corrected chi connectivity index (χ2v) is 3.84. The molecule has 0 aliphatic heterocycles. The maximum Gasteiger partial charge on any atom is 0.244 e. The highest BCUT2D eigenvalue weighted by Crippen LogP contribution is 2.19. The lowest BCUT2D eigenvalue weighted by atomic mass is 10.1. The van der Waals surface area contributed by atoms with E-state index in [4.69, 9.17) is 16.7 Å². The van der Waals surface area contributed by atoms with Crippen molar-refractivity contribution < 1.29 is 4.52 Å². The maximum absolute atomic E-state index is 5.79. The summed E-state index contributed by atoms with van der Waals surface area (Å²) in [5.41, 5.74) is 7.84. The summed E-state index contributed by atoms with van der Waals surface area (Å²) < 4.78 is 5.09. The molecule has 0 radical (unpaired) electrons. The zero-order valence-corrected chi connectivity index (χ0v) is 9.55. The maximum atomic E-state index is 5.79. The van der Waals surface area contributed by atoms with Crippen molar-refractivity contribution in [3.63, 3.8) is 0 Å². The third-order valence-electron chi connectivity index (χ3n) is 2.37. The number of nitrogens with two attached hydrogens (primary N) is 1. The third-order valence-corrected chi connectivity index (χ3v) is 2.37. The van der Waals surface area contributed by atoms with Crippen LogP contribution in [0.15, 0.2) is 28.8 Å². The van der Waals surface area contributed by atoms with E-state index in [1.54, 1.807) is 0 Å². The summed E-state index contributed by atoms with van der Waals surface area (Å²) in [6.07, 6.45) is 5.57. The lowest BCUT2D eigenvalue weighted by Crippen LogP contribution is -2.09. The quantitative estimate of drug-likeness (QED) is 0.815. The number of hydrogen-bond donors (Lipinski definition) is 1. The molecule has 0 spiro atoms. The first-order chi connectivity index (χ1) is 8.20. The van der Waals surface area contributed by atoms with Crippen molar-refractivity contribution in [3.05, 3.63) is 35.7 Å². The van der Waals surface area contributed by atoms with Gasteiger partial charge in [-0.05, 0) is 13.0 Å². The molecule has 0 amide bonds. The van der Waals surface area contributed by atoms with E-state index in [0.29, 0.717) is 18.1 Å². The fourth-order valence-corrected chi connectivity index (χ4v) is 1.50. The molecule has 1 aromatic heterocycles. The summed E-state index contributed by atoms with van der Waals surface area (Å²) in [6, 6.07) is 7.47. The van der Waals surface area contributed by atoms with Crippen LogP contribution in [-0.2, 0) is 0 Å². The molecule has 0 aliphatic carbocycles. The smallest absolute Gasteiger partial charge is 0.244 e. The first-order valence-corrected chi connectivity index (χ1v) is 5.30. The Morgan fingerprint density at radius 1 is 1.53 bits per heavy atom. The van der Waals surface area contributed by atoms with Crippen molar-refractivity contribution in [2.45, 2.75) is 19.4 Å². The first kappa shape index (κ1) is 11.4. The molecule has 1 heterocycles. The van der Waals surface area contributed by atoms with Crippen LogP contribution < -0.4 is 5.73 Å². The van der Waals surface area contributed by atoms with E-state index >= 15 is 0 Å². The van der Waals surface area contributed by atoms with Crippen molar-refractivity contribution in [3.8, 4) is 23.7 Å². The van der Waals surface area contributed by atoms with Crippen LogP contribution in [0.25, 0.3) is 11.4 Å². The Bertz CT molecular complexity index is 554. The van der Waals surface area contributed by atoms with Crippen LogP contribution in [0, 0.1) is 19.3 Å². The van der Waals surface area contributed by atoms with Gasteiger partial charge in [0.2, 0.25) is 11.7 Å². The normalized spacial score (nSPS) is 12.1. The molecule has 4 nitrogen and oxygen atoms in total. The van der Waals surface area contributed by atoms with Gasteiger partial charge in [0.25, 0.3) is 0 Å². The monoisotopic (exact) mass is 227 g/mol. The van der Waals surface area contributed by atoms with E-state index in [2.05, 4.69) is 16.1 Å². The lowest BCUT2D eigenvalue weighted by Gasteiger charge is -1.99. The second kappa shape index (κ2) is 4.81. The topological polar surface area (TPSA) is 64.9 Å². The Hall–Kier alpha value is -2.12. The summed E-state index contributed by atoms with van der Waals surface area (Å²) >= 11 is 0. The van der Waals surface area contributed by atoms with Crippen LogP contribution in [0.2, 0.25) is 0 Å². The lowest BCUT2D eigenvalue weighted by molar-refractivity contribution is 0.357. The molecule has 1 unspecified atom stereocenters. The fourth-order valence-electron chi connectivity index (χ4n) is 1.50. The number of terminal acetylenes is 1. The molecular weight excluding hydrogens is 214 g/mol.